The molecule has 2 heteroatoms. The van der Waals surface area contributed by atoms with E-state index in [9.17, 15) is 0 Å². The fourth-order valence-electron chi connectivity index (χ4n) is 2.60. The molecule has 1 saturated heterocycles. The first-order chi connectivity index (χ1) is 7.27. The van der Waals surface area contributed by atoms with Crippen molar-refractivity contribution in [1.29, 1.82) is 0 Å². The molecule has 2 aliphatic rings. The van der Waals surface area contributed by atoms with Crippen molar-refractivity contribution in [3.8, 4) is 0 Å². The van der Waals surface area contributed by atoms with Gasteiger partial charge in [-0.05, 0) is 55.4 Å². The first-order valence-corrected chi connectivity index (χ1v) is 5.88. The van der Waals surface area contributed by atoms with Crippen LogP contribution in [0.2, 0.25) is 0 Å². The minimum Gasteiger partial charge on any atom is -0.399 e. The van der Waals surface area contributed by atoms with Crippen LogP contribution in [0.4, 0.5) is 11.4 Å². The van der Waals surface area contributed by atoms with Crippen molar-refractivity contribution in [3.05, 3.63) is 24.3 Å². The lowest BCUT2D eigenvalue weighted by Crippen LogP contribution is -2.34. The molecule has 0 radical (unpaired) electrons. The molecule has 0 amide bonds. The average Bonchev–Trinajstić information content (AvgIpc) is 3.01. The van der Waals surface area contributed by atoms with Crippen molar-refractivity contribution >= 4 is 11.4 Å². The van der Waals surface area contributed by atoms with Crippen LogP contribution in [0.3, 0.4) is 0 Å². The maximum atomic E-state index is 5.69. The number of rotatable bonds is 1. The topological polar surface area (TPSA) is 29.3 Å². The Kier molecular flexibility index (Phi) is 1.91. The highest BCUT2D eigenvalue weighted by Crippen LogP contribution is 2.53. The zero-order chi connectivity index (χ0) is 10.3. The van der Waals surface area contributed by atoms with E-state index in [0.29, 0.717) is 0 Å². The van der Waals surface area contributed by atoms with E-state index in [1.165, 1.54) is 44.5 Å². The summed E-state index contributed by atoms with van der Waals surface area (Å²) >= 11 is 0. The summed E-state index contributed by atoms with van der Waals surface area (Å²) in [7, 11) is 0. The van der Waals surface area contributed by atoms with E-state index in [2.05, 4.69) is 17.0 Å². The summed E-state index contributed by atoms with van der Waals surface area (Å²) in [4.78, 5) is 2.49. The molecule has 2 nitrogen and oxygen atoms in total. The van der Waals surface area contributed by atoms with Gasteiger partial charge in [-0.1, -0.05) is 0 Å². The summed E-state index contributed by atoms with van der Waals surface area (Å²) in [6, 6.07) is 8.27. The third-order valence-corrected chi connectivity index (χ3v) is 4.04. The van der Waals surface area contributed by atoms with Gasteiger partial charge in [-0.3, -0.25) is 0 Å². The van der Waals surface area contributed by atoms with E-state index in [0.717, 1.165) is 11.1 Å². The van der Waals surface area contributed by atoms with Gasteiger partial charge in [-0.15, -0.1) is 0 Å². The van der Waals surface area contributed by atoms with E-state index in [1.807, 2.05) is 12.1 Å². The zero-order valence-corrected chi connectivity index (χ0v) is 9.08. The molecular weight excluding hydrogens is 184 g/mol. The number of nitrogens with two attached hydrogens (primary N) is 1. The molecule has 15 heavy (non-hydrogen) atoms. The molecule has 0 atom stereocenters. The summed E-state index contributed by atoms with van der Waals surface area (Å²) in [6.07, 6.45) is 5.72. The third kappa shape index (κ3) is 1.69. The van der Waals surface area contributed by atoms with Crippen LogP contribution < -0.4 is 10.6 Å². The van der Waals surface area contributed by atoms with Gasteiger partial charge in [-0.25, -0.2) is 0 Å². The monoisotopic (exact) mass is 202 g/mol. The standard InChI is InChI=1S/C13H18N2/c14-11-1-3-12(4-2-11)15-9-7-13(5-6-13)8-10-15/h1-4H,5-10,14H2. The van der Waals surface area contributed by atoms with Crippen LogP contribution >= 0.6 is 0 Å². The van der Waals surface area contributed by atoms with Crippen LogP contribution in [-0.4, -0.2) is 13.1 Å². The van der Waals surface area contributed by atoms with E-state index in [-0.39, 0.29) is 0 Å². The smallest absolute Gasteiger partial charge is 0.0367 e. The predicted octanol–water partition coefficient (Wildman–Crippen LogP) is 2.65. The molecule has 0 bridgehead atoms. The van der Waals surface area contributed by atoms with Crippen molar-refractivity contribution in [2.24, 2.45) is 5.41 Å². The number of anilines is 2. The summed E-state index contributed by atoms with van der Waals surface area (Å²) < 4.78 is 0. The van der Waals surface area contributed by atoms with Gasteiger partial charge in [-0.2, -0.15) is 0 Å². The summed E-state index contributed by atoms with van der Waals surface area (Å²) in [5.41, 5.74) is 8.65. The van der Waals surface area contributed by atoms with E-state index in [1.54, 1.807) is 0 Å². The highest BCUT2D eigenvalue weighted by atomic mass is 15.1. The van der Waals surface area contributed by atoms with Crippen molar-refractivity contribution in [3.63, 3.8) is 0 Å². The Morgan fingerprint density at radius 3 is 2.07 bits per heavy atom. The lowest BCUT2D eigenvalue weighted by molar-refractivity contribution is 0.384. The molecule has 1 aliphatic carbocycles. The first-order valence-electron chi connectivity index (χ1n) is 5.88. The molecule has 1 saturated carbocycles. The number of hydrogen-bond donors (Lipinski definition) is 1. The van der Waals surface area contributed by atoms with Crippen molar-refractivity contribution in [1.82, 2.24) is 0 Å². The van der Waals surface area contributed by atoms with E-state index >= 15 is 0 Å². The van der Waals surface area contributed by atoms with E-state index < -0.39 is 0 Å². The number of nitrogens with zero attached hydrogens (tertiary/aromatic N) is 1. The quantitative estimate of drug-likeness (QED) is 0.709. The molecule has 0 aromatic heterocycles. The minimum atomic E-state index is 0.768. The molecule has 0 unspecified atom stereocenters. The molecule has 1 spiro atoms. The van der Waals surface area contributed by atoms with Gasteiger partial charge >= 0.3 is 0 Å². The number of hydrogen-bond acceptors (Lipinski definition) is 2. The normalized spacial score (nSPS) is 23.1. The summed E-state index contributed by atoms with van der Waals surface area (Å²) in [5.74, 6) is 0. The molecule has 1 aliphatic heterocycles. The average molecular weight is 202 g/mol. The van der Waals surface area contributed by atoms with Crippen molar-refractivity contribution < 1.29 is 0 Å². The first kappa shape index (κ1) is 9.08. The molecule has 3 rings (SSSR count). The van der Waals surface area contributed by atoms with Gasteiger partial charge < -0.3 is 10.6 Å². The number of piperidine rings is 1. The second-order valence-electron chi connectivity index (χ2n) is 5.08. The lowest BCUT2D eigenvalue weighted by atomic mass is 9.93. The summed E-state index contributed by atoms with van der Waals surface area (Å²) in [5, 5.41) is 0. The molecule has 2 N–H and O–H groups in total. The predicted molar refractivity (Wildman–Crippen MR) is 64.0 cm³/mol. The Bertz CT molecular complexity index is 341. The lowest BCUT2D eigenvalue weighted by Gasteiger charge is -2.33. The molecule has 1 heterocycles. The highest BCUT2D eigenvalue weighted by Gasteiger charge is 2.44. The van der Waals surface area contributed by atoms with Crippen molar-refractivity contribution in [2.45, 2.75) is 25.7 Å². The third-order valence-electron chi connectivity index (χ3n) is 4.04. The van der Waals surface area contributed by atoms with Gasteiger partial charge in [0.25, 0.3) is 0 Å². The number of benzene rings is 1. The van der Waals surface area contributed by atoms with Crippen LogP contribution in [0, 0.1) is 5.41 Å². The van der Waals surface area contributed by atoms with Crippen molar-refractivity contribution in [2.75, 3.05) is 23.7 Å². The molecule has 80 valence electrons. The Morgan fingerprint density at radius 2 is 1.53 bits per heavy atom. The molecular formula is C13H18N2. The zero-order valence-electron chi connectivity index (χ0n) is 9.08. The Hall–Kier alpha value is -1.18. The van der Waals surface area contributed by atoms with Gasteiger partial charge in [0.2, 0.25) is 0 Å². The van der Waals surface area contributed by atoms with Gasteiger partial charge in [0, 0.05) is 24.5 Å². The fourth-order valence-corrected chi connectivity index (χ4v) is 2.60. The maximum absolute atomic E-state index is 5.69. The molecule has 2 fully saturated rings. The van der Waals surface area contributed by atoms with Crippen LogP contribution in [0.1, 0.15) is 25.7 Å². The van der Waals surface area contributed by atoms with Crippen LogP contribution in [0.5, 0.6) is 0 Å². The summed E-state index contributed by atoms with van der Waals surface area (Å²) in [6.45, 7) is 2.45. The second-order valence-corrected chi connectivity index (χ2v) is 5.08. The highest BCUT2D eigenvalue weighted by molar-refractivity contribution is 5.53. The number of nitrogen functional groups attached to an aromatic ring is 1. The molecule has 1 aromatic rings. The Labute approximate surface area is 91.1 Å². The largest absolute Gasteiger partial charge is 0.399 e. The fraction of sp³-hybridized carbons (Fsp3) is 0.538. The van der Waals surface area contributed by atoms with Crippen LogP contribution in [0.25, 0.3) is 0 Å². The van der Waals surface area contributed by atoms with Gasteiger partial charge in [0.05, 0.1) is 0 Å². The van der Waals surface area contributed by atoms with Gasteiger partial charge in [0.1, 0.15) is 0 Å². The Morgan fingerprint density at radius 1 is 0.933 bits per heavy atom. The Balaban J connectivity index is 1.70. The molecule has 1 aromatic carbocycles. The second kappa shape index (κ2) is 3.16. The SMILES string of the molecule is Nc1ccc(N2CCC3(CC2)CC3)cc1. The minimum absolute atomic E-state index is 0.768. The maximum Gasteiger partial charge on any atom is 0.0367 e. The van der Waals surface area contributed by atoms with Crippen LogP contribution in [-0.2, 0) is 0 Å². The van der Waals surface area contributed by atoms with Crippen LogP contribution in [0.15, 0.2) is 24.3 Å². The van der Waals surface area contributed by atoms with E-state index in [4.69, 9.17) is 5.73 Å². The van der Waals surface area contributed by atoms with Gasteiger partial charge in [0.15, 0.2) is 0 Å².